The molecule has 0 N–H and O–H groups in total. The van der Waals surface area contributed by atoms with Crippen LogP contribution in [0.3, 0.4) is 0 Å². The largest absolute Gasteiger partial charge is 0.310 e. The second-order valence-corrected chi connectivity index (χ2v) is 7.89. The zero-order valence-corrected chi connectivity index (χ0v) is 15.4. The fourth-order valence-electron chi connectivity index (χ4n) is 3.16. The van der Waals surface area contributed by atoms with Crippen molar-refractivity contribution < 1.29 is 4.79 Å². The quantitative estimate of drug-likeness (QED) is 0.691. The Kier molecular flexibility index (Phi) is 4.28. The van der Waals surface area contributed by atoms with Crippen molar-refractivity contribution in [1.82, 2.24) is 19.3 Å². The number of hydrogen-bond acceptors (Lipinski definition) is 5. The van der Waals surface area contributed by atoms with Gasteiger partial charge in [0.15, 0.2) is 5.65 Å². The van der Waals surface area contributed by atoms with Crippen molar-refractivity contribution in [3.63, 3.8) is 0 Å². The Morgan fingerprint density at radius 2 is 2.15 bits per heavy atom. The van der Waals surface area contributed by atoms with Crippen LogP contribution in [0.4, 0.5) is 5.69 Å². The number of carbonyl (C=O) groups is 1. The molecule has 0 radical (unpaired) electrons. The van der Waals surface area contributed by atoms with Gasteiger partial charge in [0.1, 0.15) is 18.3 Å². The first-order chi connectivity index (χ1) is 12.5. The van der Waals surface area contributed by atoms with Crippen LogP contribution >= 0.6 is 11.8 Å². The Balaban J connectivity index is 1.66. The van der Waals surface area contributed by atoms with Crippen LogP contribution in [0.15, 0.2) is 46.5 Å². The Labute approximate surface area is 154 Å². The van der Waals surface area contributed by atoms with E-state index in [-0.39, 0.29) is 18.0 Å². The average Bonchev–Trinajstić information content (AvgIpc) is 2.91. The highest BCUT2D eigenvalue weighted by Gasteiger charge is 2.24. The minimum atomic E-state index is -0.248. The van der Waals surface area contributed by atoms with Gasteiger partial charge in [0.05, 0.1) is 11.9 Å². The second-order valence-electron chi connectivity index (χ2n) is 6.41. The number of nitrogens with zero attached hydrogens (tertiary/aromatic N) is 5. The molecule has 134 valence electrons. The first-order valence-corrected chi connectivity index (χ1v) is 9.36. The molecule has 7 nitrogen and oxygen atoms in total. The van der Waals surface area contributed by atoms with E-state index in [1.165, 1.54) is 17.1 Å². The van der Waals surface area contributed by atoms with E-state index in [2.05, 4.69) is 17.0 Å². The lowest BCUT2D eigenvalue weighted by Gasteiger charge is -2.22. The van der Waals surface area contributed by atoms with Gasteiger partial charge in [0, 0.05) is 23.7 Å². The van der Waals surface area contributed by atoms with Crippen molar-refractivity contribution in [2.75, 3.05) is 11.4 Å². The van der Waals surface area contributed by atoms with E-state index in [9.17, 15) is 9.59 Å². The number of fused-ring (bicyclic) bond motifs is 2. The molecule has 1 aliphatic heterocycles. The molecule has 0 saturated carbocycles. The van der Waals surface area contributed by atoms with E-state index >= 15 is 0 Å². The molecule has 2 aromatic heterocycles. The summed E-state index contributed by atoms with van der Waals surface area (Å²) in [6.45, 7) is 2.77. The van der Waals surface area contributed by atoms with Crippen LogP contribution in [0, 0.1) is 0 Å². The monoisotopic (exact) mass is 369 g/mol. The highest BCUT2D eigenvalue weighted by molar-refractivity contribution is 8.00. The zero-order valence-electron chi connectivity index (χ0n) is 14.6. The minimum absolute atomic E-state index is 0.0376. The van der Waals surface area contributed by atoms with Crippen LogP contribution in [-0.4, -0.2) is 37.0 Å². The summed E-state index contributed by atoms with van der Waals surface area (Å²) in [7, 11) is 1.73. The SMILES string of the molecule is C[C@H]1CCN(C(=O)Cn2cnc3c(cnn3C)c2=O)c2ccccc2S1. The summed E-state index contributed by atoms with van der Waals surface area (Å²) in [6, 6.07) is 7.92. The van der Waals surface area contributed by atoms with Crippen LogP contribution < -0.4 is 10.5 Å². The summed E-state index contributed by atoms with van der Waals surface area (Å²) in [6.07, 6.45) is 3.82. The highest BCUT2D eigenvalue weighted by atomic mass is 32.2. The maximum atomic E-state index is 13.0. The van der Waals surface area contributed by atoms with E-state index in [0.29, 0.717) is 22.8 Å². The highest BCUT2D eigenvalue weighted by Crippen LogP contribution is 2.37. The maximum Gasteiger partial charge on any atom is 0.264 e. The van der Waals surface area contributed by atoms with E-state index in [0.717, 1.165) is 17.0 Å². The smallest absolute Gasteiger partial charge is 0.264 e. The van der Waals surface area contributed by atoms with Gasteiger partial charge in [0.2, 0.25) is 5.91 Å². The molecule has 3 heterocycles. The van der Waals surface area contributed by atoms with Crippen molar-refractivity contribution in [3.05, 3.63) is 47.1 Å². The Morgan fingerprint density at radius 3 is 3.00 bits per heavy atom. The predicted octanol–water partition coefficient (Wildman–Crippen LogP) is 2.05. The number of hydrogen-bond donors (Lipinski definition) is 0. The van der Waals surface area contributed by atoms with Crippen molar-refractivity contribution in [2.45, 2.75) is 30.0 Å². The number of aromatic nitrogens is 4. The van der Waals surface area contributed by atoms with E-state index in [1.807, 2.05) is 24.3 Å². The lowest BCUT2D eigenvalue weighted by Crippen LogP contribution is -2.37. The van der Waals surface area contributed by atoms with E-state index in [4.69, 9.17) is 0 Å². The Hall–Kier alpha value is -2.61. The van der Waals surface area contributed by atoms with Crippen molar-refractivity contribution in [2.24, 2.45) is 7.05 Å². The number of para-hydroxylation sites is 1. The summed E-state index contributed by atoms with van der Waals surface area (Å²) in [5.74, 6) is -0.112. The second kappa shape index (κ2) is 6.60. The fraction of sp³-hybridized carbons (Fsp3) is 0.333. The third kappa shape index (κ3) is 2.90. The van der Waals surface area contributed by atoms with Crippen LogP contribution in [0.5, 0.6) is 0 Å². The van der Waals surface area contributed by atoms with Gasteiger partial charge in [-0.05, 0) is 18.6 Å². The third-order valence-electron chi connectivity index (χ3n) is 4.57. The summed E-state index contributed by atoms with van der Waals surface area (Å²) in [5, 5.41) is 4.91. The number of benzene rings is 1. The molecule has 8 heteroatoms. The summed E-state index contributed by atoms with van der Waals surface area (Å²) in [4.78, 5) is 32.8. The standard InChI is InChI=1S/C18H19N5O2S/c1-12-7-8-23(14-5-3-4-6-15(14)26-12)16(24)10-22-11-19-17-13(18(22)25)9-20-21(17)2/h3-6,9,11-12H,7-8,10H2,1-2H3/t12-/m0/s1. The van der Waals surface area contributed by atoms with Crippen LogP contribution in [0.25, 0.3) is 11.0 Å². The van der Waals surface area contributed by atoms with Gasteiger partial charge in [-0.25, -0.2) is 4.98 Å². The van der Waals surface area contributed by atoms with Gasteiger partial charge < -0.3 is 4.90 Å². The molecule has 1 amide bonds. The maximum absolute atomic E-state index is 13.0. The Morgan fingerprint density at radius 1 is 1.35 bits per heavy atom. The van der Waals surface area contributed by atoms with Crippen molar-refractivity contribution in [1.29, 1.82) is 0 Å². The normalized spacial score (nSPS) is 17.2. The summed E-state index contributed by atoms with van der Waals surface area (Å²) in [5.41, 5.74) is 1.18. The van der Waals surface area contributed by atoms with E-state index in [1.54, 1.807) is 28.4 Å². The summed E-state index contributed by atoms with van der Waals surface area (Å²) < 4.78 is 2.91. The molecule has 4 rings (SSSR count). The van der Waals surface area contributed by atoms with Crippen molar-refractivity contribution >= 4 is 34.4 Å². The topological polar surface area (TPSA) is 73.0 Å². The van der Waals surface area contributed by atoms with Gasteiger partial charge in [-0.1, -0.05) is 19.1 Å². The molecule has 0 saturated heterocycles. The van der Waals surface area contributed by atoms with E-state index < -0.39 is 0 Å². The van der Waals surface area contributed by atoms with Crippen LogP contribution in [0.1, 0.15) is 13.3 Å². The van der Waals surface area contributed by atoms with Crippen molar-refractivity contribution in [3.8, 4) is 0 Å². The number of carbonyl (C=O) groups excluding carboxylic acids is 1. The molecule has 26 heavy (non-hydrogen) atoms. The number of anilines is 1. The number of thioether (sulfide) groups is 1. The lowest BCUT2D eigenvalue weighted by molar-refractivity contribution is -0.119. The molecular weight excluding hydrogens is 350 g/mol. The molecule has 0 bridgehead atoms. The van der Waals surface area contributed by atoms with Gasteiger partial charge >= 0.3 is 0 Å². The molecular formula is C18H19N5O2S. The third-order valence-corrected chi connectivity index (χ3v) is 5.81. The molecule has 3 aromatic rings. The number of aryl methyl sites for hydroxylation is 1. The first kappa shape index (κ1) is 16.8. The van der Waals surface area contributed by atoms with Crippen LogP contribution in [0.2, 0.25) is 0 Å². The van der Waals surface area contributed by atoms with Crippen LogP contribution in [-0.2, 0) is 18.4 Å². The number of amides is 1. The summed E-state index contributed by atoms with van der Waals surface area (Å²) >= 11 is 1.78. The first-order valence-electron chi connectivity index (χ1n) is 8.48. The molecule has 1 aliphatic rings. The molecule has 0 aliphatic carbocycles. The van der Waals surface area contributed by atoms with Gasteiger partial charge in [-0.3, -0.25) is 18.8 Å². The average molecular weight is 369 g/mol. The Bertz CT molecular complexity index is 1040. The van der Waals surface area contributed by atoms with Gasteiger partial charge in [-0.2, -0.15) is 5.10 Å². The molecule has 0 unspecified atom stereocenters. The zero-order chi connectivity index (χ0) is 18.3. The fourth-order valence-corrected chi connectivity index (χ4v) is 4.27. The predicted molar refractivity (Wildman–Crippen MR) is 102 cm³/mol. The molecule has 1 aromatic carbocycles. The number of rotatable bonds is 2. The minimum Gasteiger partial charge on any atom is -0.310 e. The molecule has 0 spiro atoms. The molecule has 0 fully saturated rings. The molecule has 1 atom stereocenters. The van der Waals surface area contributed by atoms with Gasteiger partial charge in [0.25, 0.3) is 5.56 Å². The van der Waals surface area contributed by atoms with Gasteiger partial charge in [-0.15, -0.1) is 11.8 Å². The lowest BCUT2D eigenvalue weighted by atomic mass is 10.2.